The number of phosphoric ester groups is 1. The molecular weight excluding hydrogens is 583 g/mol. The van der Waals surface area contributed by atoms with Crippen LogP contribution in [0.25, 0.3) is 0 Å². The number of amides is 1. The second kappa shape index (κ2) is 34.7. The van der Waals surface area contributed by atoms with Crippen molar-refractivity contribution in [1.29, 1.82) is 0 Å². The molecule has 0 saturated heterocycles. The van der Waals surface area contributed by atoms with E-state index in [9.17, 15) is 28.7 Å². The van der Waals surface area contributed by atoms with Crippen LogP contribution >= 0.6 is 7.82 Å². The number of unbranched alkanes of at least 4 members (excludes halogenated alkanes) is 12. The smallest absolute Gasteiger partial charge is 0.790 e. The summed E-state index contributed by atoms with van der Waals surface area (Å²) >= 11 is 0. The molecule has 0 aliphatic carbocycles. The van der Waals surface area contributed by atoms with E-state index in [1.807, 2.05) is 0 Å². The standard InChI is InChI=1S/C27H41O8P.C2H5NO.2Na.5H2/c1-3-5-7-9-10-11-12-13-14-15-16-18-20-22-27(29)35-25(24-34-36(30,31)32)23-33-26(28)21-19-17-8-6-4-2;1-2(3)4;;;;;;;/h25H,3,5,7,9-16,18,20,22-24H2,1-2H3,(H2,30,31,32);1H3,(H2,3,4);;;5*1H/q;;2*+1;;;;;/p-2/t25-;;;;;;;;/m1......../s1. The van der Waals surface area contributed by atoms with Gasteiger partial charge in [0, 0.05) is 26.4 Å². The predicted octanol–water partition coefficient (Wildman–Crippen LogP) is -1.47. The van der Waals surface area contributed by atoms with E-state index in [1.54, 1.807) is 6.92 Å². The average Bonchev–Trinajstić information content (AvgIpc) is 2.87. The molecule has 0 spiro atoms. The summed E-state index contributed by atoms with van der Waals surface area (Å²) in [7, 11) is -5.28. The van der Waals surface area contributed by atoms with Gasteiger partial charge in [0.2, 0.25) is 5.91 Å². The van der Waals surface area contributed by atoms with Gasteiger partial charge in [0.1, 0.15) is 6.61 Å². The molecule has 10 nitrogen and oxygen atoms in total. The van der Waals surface area contributed by atoms with E-state index in [0.717, 1.165) is 19.3 Å². The summed E-state index contributed by atoms with van der Waals surface area (Å²) in [5.41, 5.74) is 4.47. The van der Waals surface area contributed by atoms with E-state index in [4.69, 9.17) is 9.47 Å². The van der Waals surface area contributed by atoms with Crippen LogP contribution in [0.5, 0.6) is 0 Å². The summed E-state index contributed by atoms with van der Waals surface area (Å²) < 4.78 is 24.9. The molecule has 0 heterocycles. The Labute approximate surface area is 304 Å². The molecule has 0 aromatic heterocycles. The number of carbonyl (C=O) groups is 3. The fraction of sp³-hybridized carbons (Fsp3) is 0.690. The van der Waals surface area contributed by atoms with Crippen LogP contribution in [-0.4, -0.2) is 37.2 Å². The molecule has 0 unspecified atom stereocenters. The number of esters is 2. The van der Waals surface area contributed by atoms with Gasteiger partial charge < -0.3 is 34.1 Å². The molecule has 0 bridgehead atoms. The van der Waals surface area contributed by atoms with Gasteiger partial charge in [-0.05, 0) is 37.0 Å². The second-order valence-electron chi connectivity index (χ2n) is 8.93. The second-order valence-corrected chi connectivity index (χ2v) is 10.1. The van der Waals surface area contributed by atoms with Gasteiger partial charge in [-0.2, -0.15) is 0 Å². The number of hydrogen-bond acceptors (Lipinski definition) is 9. The van der Waals surface area contributed by atoms with Gasteiger partial charge in [-0.25, -0.2) is 4.79 Å². The topological polar surface area (TPSA) is 168 Å². The minimum absolute atomic E-state index is 0. The largest absolute Gasteiger partial charge is 1.00 e. The van der Waals surface area contributed by atoms with E-state index >= 15 is 0 Å². The molecule has 42 heavy (non-hydrogen) atoms. The number of ether oxygens (including phenoxy) is 2. The maximum Gasteiger partial charge on any atom is 1.00 e. The molecule has 1 atom stereocenters. The van der Waals surface area contributed by atoms with E-state index in [-0.39, 0.29) is 78.6 Å². The van der Waals surface area contributed by atoms with Crippen LogP contribution in [0.2, 0.25) is 0 Å². The normalized spacial score (nSPS) is 10.1. The molecule has 0 aliphatic heterocycles. The van der Waals surface area contributed by atoms with Crippen molar-refractivity contribution in [2.24, 2.45) is 5.73 Å². The summed E-state index contributed by atoms with van der Waals surface area (Å²) in [6.45, 7) is 3.86. The van der Waals surface area contributed by atoms with Crippen LogP contribution in [0, 0.1) is 35.5 Å². The summed E-state index contributed by atoms with van der Waals surface area (Å²) in [5, 5.41) is 0. The summed E-state index contributed by atoms with van der Waals surface area (Å²) in [5.74, 6) is 12.1. The summed E-state index contributed by atoms with van der Waals surface area (Å²) in [6.07, 6.45) is 14.1. The number of primary amides is 1. The van der Waals surface area contributed by atoms with Crippen molar-refractivity contribution in [2.75, 3.05) is 13.2 Å². The first-order valence-electron chi connectivity index (χ1n) is 13.7. The van der Waals surface area contributed by atoms with Crippen LogP contribution in [0.15, 0.2) is 0 Å². The van der Waals surface area contributed by atoms with Crippen molar-refractivity contribution in [2.45, 2.75) is 117 Å². The Kier molecular flexibility index (Phi) is 39.7. The van der Waals surface area contributed by atoms with Crippen molar-refractivity contribution < 1.29 is 109 Å². The molecule has 0 aliphatic rings. The minimum atomic E-state index is -5.28. The van der Waals surface area contributed by atoms with Gasteiger partial charge in [-0.3, -0.25) is 9.59 Å². The Bertz CT molecular complexity index is 972. The third-order valence-electron chi connectivity index (χ3n) is 5.08. The van der Waals surface area contributed by atoms with Crippen molar-refractivity contribution in [3.63, 3.8) is 0 Å². The summed E-state index contributed by atoms with van der Waals surface area (Å²) in [6, 6.07) is 0. The SMILES string of the molecule is CC#CC#CC#CC(=O)OC[C@H](COP(=O)([O-])[O-])OC(=O)CCCCCCCCCCCCCCC.CC(N)=O.[HH].[HH].[HH].[HH].[HH].[Na+].[Na+]. The van der Waals surface area contributed by atoms with Gasteiger partial charge in [0.05, 0.1) is 14.4 Å². The minimum Gasteiger partial charge on any atom is -0.790 e. The first kappa shape index (κ1) is 48.1. The van der Waals surface area contributed by atoms with Gasteiger partial charge in [-0.15, -0.1) is 0 Å². The Morgan fingerprint density at radius 1 is 0.810 bits per heavy atom. The van der Waals surface area contributed by atoms with Crippen molar-refractivity contribution in [3.05, 3.63) is 0 Å². The fourth-order valence-corrected chi connectivity index (χ4v) is 3.58. The van der Waals surface area contributed by atoms with Crippen molar-refractivity contribution in [3.8, 4) is 35.5 Å². The maximum absolute atomic E-state index is 12.1. The van der Waals surface area contributed by atoms with E-state index in [1.165, 1.54) is 64.7 Å². The van der Waals surface area contributed by atoms with Crippen LogP contribution in [0.4, 0.5) is 0 Å². The maximum atomic E-state index is 12.1. The Balaban J connectivity index is -0.000000177. The van der Waals surface area contributed by atoms with Gasteiger partial charge >= 0.3 is 71.1 Å². The molecule has 0 aromatic carbocycles. The van der Waals surface area contributed by atoms with Crippen molar-refractivity contribution in [1.82, 2.24) is 0 Å². The zero-order valence-corrected chi connectivity index (χ0v) is 31.0. The monoisotopic (exact) mass is 637 g/mol. The van der Waals surface area contributed by atoms with Crippen LogP contribution in [0.3, 0.4) is 0 Å². The first-order valence-corrected chi connectivity index (χ1v) is 15.2. The third kappa shape index (κ3) is 43.7. The van der Waals surface area contributed by atoms with E-state index < -0.39 is 39.1 Å². The molecule has 1 amide bonds. The molecule has 0 aromatic rings. The summed E-state index contributed by atoms with van der Waals surface area (Å²) in [4.78, 5) is 54.4. The molecule has 0 rings (SSSR count). The Hall–Kier alpha value is -0.800. The molecule has 0 radical (unpaired) electrons. The quantitative estimate of drug-likeness (QED) is 0.0418. The Morgan fingerprint density at radius 2 is 1.26 bits per heavy atom. The predicted molar refractivity (Wildman–Crippen MR) is 159 cm³/mol. The third-order valence-corrected chi connectivity index (χ3v) is 5.54. The van der Waals surface area contributed by atoms with Gasteiger partial charge in [-0.1, -0.05) is 89.9 Å². The zero-order chi connectivity index (χ0) is 30.5. The van der Waals surface area contributed by atoms with Crippen LogP contribution in [0.1, 0.15) is 118 Å². The number of nitrogens with two attached hydrogens (primary N) is 1. The van der Waals surface area contributed by atoms with E-state index in [2.05, 4.69) is 52.7 Å². The molecule has 2 N–H and O–H groups in total. The molecule has 0 saturated carbocycles. The average molecular weight is 638 g/mol. The fourth-order valence-electron chi connectivity index (χ4n) is 3.23. The van der Waals surface area contributed by atoms with Crippen LogP contribution < -0.4 is 74.6 Å². The van der Waals surface area contributed by atoms with Gasteiger partial charge in [0.15, 0.2) is 6.10 Å². The van der Waals surface area contributed by atoms with Crippen molar-refractivity contribution >= 4 is 25.7 Å². The zero-order valence-electron chi connectivity index (χ0n) is 26.1. The number of hydrogen-bond donors (Lipinski definition) is 1. The molecule has 236 valence electrons. The number of phosphoric acid groups is 1. The first-order chi connectivity index (χ1) is 19.0. The molecule has 13 heteroatoms. The molecular formula is C29H54NNa2O9P. The van der Waals surface area contributed by atoms with Crippen LogP contribution in [-0.2, 0) is 32.9 Å². The number of rotatable bonds is 20. The van der Waals surface area contributed by atoms with Gasteiger partial charge in [0.25, 0.3) is 0 Å². The number of carbonyl (C=O) groups excluding carboxylic acids is 3. The Morgan fingerprint density at radius 3 is 1.71 bits per heavy atom. The molecule has 0 fully saturated rings. The van der Waals surface area contributed by atoms with E-state index in [0.29, 0.717) is 6.42 Å².